The lowest BCUT2D eigenvalue weighted by atomic mass is 10.1. The normalized spacial score (nSPS) is 16.1. The van der Waals surface area contributed by atoms with Gasteiger partial charge in [-0.05, 0) is 25.0 Å². The van der Waals surface area contributed by atoms with E-state index in [4.69, 9.17) is 16.7 Å². The second kappa shape index (κ2) is 4.55. The fourth-order valence-corrected chi connectivity index (χ4v) is 1.80. The quantitative estimate of drug-likeness (QED) is 0.640. The smallest absolute Gasteiger partial charge is 0.283 e. The average Bonchev–Trinajstić information content (AvgIpc) is 3.09. The van der Waals surface area contributed by atoms with Crippen molar-refractivity contribution in [2.24, 2.45) is 0 Å². The fraction of sp³-hybridized carbons (Fsp3) is 0.364. The molecular formula is C11H11ClN2O4. The molecule has 7 heteroatoms. The van der Waals surface area contributed by atoms with Crippen LogP contribution in [0.25, 0.3) is 0 Å². The minimum absolute atomic E-state index is 0.0517. The molecule has 0 unspecified atom stereocenters. The number of aliphatic hydroxyl groups is 1. The third-order valence-electron chi connectivity index (χ3n) is 2.94. The predicted molar refractivity (Wildman–Crippen MR) is 64.6 cm³/mol. The van der Waals surface area contributed by atoms with E-state index < -0.39 is 16.4 Å². The fourth-order valence-electron chi connectivity index (χ4n) is 1.63. The van der Waals surface area contributed by atoms with Gasteiger partial charge in [-0.15, -0.1) is 0 Å². The first-order valence-corrected chi connectivity index (χ1v) is 5.72. The molecule has 1 amide bonds. The van der Waals surface area contributed by atoms with Gasteiger partial charge in [0.2, 0.25) is 0 Å². The Hall–Kier alpha value is -1.66. The van der Waals surface area contributed by atoms with Crippen LogP contribution in [0.5, 0.6) is 0 Å². The van der Waals surface area contributed by atoms with Gasteiger partial charge >= 0.3 is 0 Å². The van der Waals surface area contributed by atoms with E-state index in [1.165, 1.54) is 12.1 Å². The van der Waals surface area contributed by atoms with Crippen LogP contribution in [0.2, 0.25) is 5.02 Å². The monoisotopic (exact) mass is 270 g/mol. The Morgan fingerprint density at radius 3 is 2.72 bits per heavy atom. The van der Waals surface area contributed by atoms with E-state index in [1.807, 2.05) is 0 Å². The summed E-state index contributed by atoms with van der Waals surface area (Å²) in [4.78, 5) is 22.1. The number of amides is 1. The van der Waals surface area contributed by atoms with Gasteiger partial charge in [-0.1, -0.05) is 11.6 Å². The highest BCUT2D eigenvalue weighted by Gasteiger charge is 2.44. The summed E-state index contributed by atoms with van der Waals surface area (Å²) in [5.41, 5.74) is -0.997. The molecule has 0 spiro atoms. The Bertz CT molecular complexity index is 514. The van der Waals surface area contributed by atoms with Crippen LogP contribution in [-0.4, -0.2) is 28.1 Å². The van der Waals surface area contributed by atoms with E-state index in [0.717, 1.165) is 6.07 Å². The summed E-state index contributed by atoms with van der Waals surface area (Å²) in [5.74, 6) is -0.565. The summed E-state index contributed by atoms with van der Waals surface area (Å²) in [6.07, 6.45) is 1.35. The minimum atomic E-state index is -0.653. The maximum Gasteiger partial charge on any atom is 0.283 e. The number of nitrogens with zero attached hydrogens (tertiary/aromatic N) is 1. The van der Waals surface area contributed by atoms with Crippen molar-refractivity contribution in [3.8, 4) is 0 Å². The second-order valence-electron chi connectivity index (χ2n) is 4.31. The largest absolute Gasteiger partial charge is 0.394 e. The van der Waals surface area contributed by atoms with Crippen molar-refractivity contribution in [3.05, 3.63) is 38.9 Å². The first kappa shape index (κ1) is 12.8. The van der Waals surface area contributed by atoms with Crippen molar-refractivity contribution in [1.82, 2.24) is 5.32 Å². The van der Waals surface area contributed by atoms with E-state index in [1.54, 1.807) is 0 Å². The Morgan fingerprint density at radius 2 is 2.22 bits per heavy atom. The predicted octanol–water partition coefficient (Wildman–Crippen LogP) is 1.50. The molecule has 0 aromatic heterocycles. The van der Waals surface area contributed by atoms with Crippen LogP contribution in [0.3, 0.4) is 0 Å². The number of nitro groups is 1. The van der Waals surface area contributed by atoms with E-state index in [2.05, 4.69) is 5.32 Å². The molecule has 1 fully saturated rings. The number of nitrogens with one attached hydrogen (secondary N) is 1. The van der Waals surface area contributed by atoms with Gasteiger partial charge in [0.1, 0.15) is 5.56 Å². The van der Waals surface area contributed by atoms with Crippen molar-refractivity contribution in [1.29, 1.82) is 0 Å². The highest BCUT2D eigenvalue weighted by atomic mass is 35.5. The zero-order chi connectivity index (χ0) is 13.3. The molecule has 0 heterocycles. The number of carbonyl (C=O) groups excluding carboxylic acids is 1. The zero-order valence-electron chi connectivity index (χ0n) is 9.35. The number of aliphatic hydroxyl groups excluding tert-OH is 1. The standard InChI is InChI=1S/C11H11ClN2O4/c12-7-1-2-8(9(5-7)14(17)18)10(16)13-11(6-15)3-4-11/h1-2,5,15H,3-4,6H2,(H,13,16). The second-order valence-corrected chi connectivity index (χ2v) is 4.75. The average molecular weight is 271 g/mol. The third-order valence-corrected chi connectivity index (χ3v) is 3.17. The van der Waals surface area contributed by atoms with Crippen LogP contribution >= 0.6 is 11.6 Å². The maximum atomic E-state index is 11.9. The molecule has 1 aliphatic carbocycles. The Morgan fingerprint density at radius 1 is 1.56 bits per heavy atom. The van der Waals surface area contributed by atoms with E-state index in [9.17, 15) is 14.9 Å². The van der Waals surface area contributed by atoms with Gasteiger partial charge in [0.25, 0.3) is 11.6 Å². The van der Waals surface area contributed by atoms with Gasteiger partial charge in [0.15, 0.2) is 0 Å². The molecule has 1 aliphatic rings. The van der Waals surface area contributed by atoms with Crippen molar-refractivity contribution in [2.45, 2.75) is 18.4 Å². The maximum absolute atomic E-state index is 11.9. The van der Waals surface area contributed by atoms with Gasteiger partial charge in [-0.3, -0.25) is 14.9 Å². The van der Waals surface area contributed by atoms with Crippen LogP contribution in [-0.2, 0) is 0 Å². The van der Waals surface area contributed by atoms with Crippen LogP contribution in [0.15, 0.2) is 18.2 Å². The molecule has 0 atom stereocenters. The number of benzene rings is 1. The molecule has 0 bridgehead atoms. The molecular weight excluding hydrogens is 260 g/mol. The Labute approximate surface area is 108 Å². The van der Waals surface area contributed by atoms with Crippen LogP contribution in [0, 0.1) is 10.1 Å². The molecule has 1 aromatic carbocycles. The summed E-state index contributed by atoms with van der Waals surface area (Å²) < 4.78 is 0. The van der Waals surface area contributed by atoms with Crippen LogP contribution in [0.4, 0.5) is 5.69 Å². The first-order chi connectivity index (χ1) is 8.47. The zero-order valence-corrected chi connectivity index (χ0v) is 10.1. The molecule has 96 valence electrons. The van der Waals surface area contributed by atoms with Crippen molar-refractivity contribution >= 4 is 23.2 Å². The van der Waals surface area contributed by atoms with E-state index in [-0.39, 0.29) is 22.9 Å². The minimum Gasteiger partial charge on any atom is -0.394 e. The topological polar surface area (TPSA) is 92.5 Å². The van der Waals surface area contributed by atoms with Crippen LogP contribution in [0.1, 0.15) is 23.2 Å². The lowest BCUT2D eigenvalue weighted by Crippen LogP contribution is -2.39. The van der Waals surface area contributed by atoms with Gasteiger partial charge in [-0.2, -0.15) is 0 Å². The summed E-state index contributed by atoms with van der Waals surface area (Å²) in [7, 11) is 0. The van der Waals surface area contributed by atoms with E-state index in [0.29, 0.717) is 12.8 Å². The number of hydrogen-bond acceptors (Lipinski definition) is 4. The first-order valence-electron chi connectivity index (χ1n) is 5.35. The molecule has 2 N–H and O–H groups in total. The highest BCUT2D eigenvalue weighted by molar-refractivity contribution is 6.31. The summed E-state index contributed by atoms with van der Waals surface area (Å²) in [6, 6.07) is 3.86. The van der Waals surface area contributed by atoms with Gasteiger partial charge in [0, 0.05) is 11.1 Å². The lowest BCUT2D eigenvalue weighted by molar-refractivity contribution is -0.385. The molecule has 18 heavy (non-hydrogen) atoms. The summed E-state index contributed by atoms with van der Waals surface area (Å²) >= 11 is 5.66. The number of halogens is 1. The molecule has 6 nitrogen and oxygen atoms in total. The van der Waals surface area contributed by atoms with Crippen molar-refractivity contribution in [2.75, 3.05) is 6.61 Å². The lowest BCUT2D eigenvalue weighted by Gasteiger charge is -2.14. The molecule has 0 radical (unpaired) electrons. The Kier molecular flexibility index (Phi) is 3.23. The number of hydrogen-bond donors (Lipinski definition) is 2. The van der Waals surface area contributed by atoms with Gasteiger partial charge in [0.05, 0.1) is 17.1 Å². The number of carbonyl (C=O) groups is 1. The molecule has 1 saturated carbocycles. The molecule has 0 saturated heterocycles. The van der Waals surface area contributed by atoms with Crippen LogP contribution < -0.4 is 5.32 Å². The van der Waals surface area contributed by atoms with Gasteiger partial charge < -0.3 is 10.4 Å². The van der Waals surface area contributed by atoms with E-state index >= 15 is 0 Å². The number of nitro benzene ring substituents is 1. The molecule has 2 rings (SSSR count). The third kappa shape index (κ3) is 2.44. The Balaban J connectivity index is 2.27. The van der Waals surface area contributed by atoms with Crippen molar-refractivity contribution < 1.29 is 14.8 Å². The molecule has 0 aliphatic heterocycles. The van der Waals surface area contributed by atoms with Gasteiger partial charge in [-0.25, -0.2) is 0 Å². The molecule has 1 aromatic rings. The highest BCUT2D eigenvalue weighted by Crippen LogP contribution is 2.35. The number of rotatable bonds is 4. The SMILES string of the molecule is O=C(NC1(CO)CC1)c1ccc(Cl)cc1[N+](=O)[O-]. The summed E-state index contributed by atoms with van der Waals surface area (Å²) in [6.45, 7) is -0.167. The summed E-state index contributed by atoms with van der Waals surface area (Å²) in [5, 5.41) is 22.8. The van der Waals surface area contributed by atoms with Crippen molar-refractivity contribution in [3.63, 3.8) is 0 Å².